The average molecular weight is 293 g/mol. The first kappa shape index (κ1) is 17.7. The maximum atomic E-state index is 11.7. The molecule has 1 rings (SSSR count). The summed E-state index contributed by atoms with van der Waals surface area (Å²) >= 11 is 0. The molecule has 0 aliphatic rings. The fourth-order valence-corrected chi connectivity index (χ4v) is 2.07. The number of carbonyl (C=O) groups excluding carboxylic acids is 1. The van der Waals surface area contributed by atoms with Crippen LogP contribution in [0, 0.1) is 0 Å². The number of Topliss-reactive ketones (excluding diaryl/α,β-unsaturated/α-hetero) is 1. The molecule has 4 nitrogen and oxygen atoms in total. The minimum absolute atomic E-state index is 0.178. The molecule has 0 saturated heterocycles. The normalized spacial score (nSPS) is 10.6. The lowest BCUT2D eigenvalue weighted by atomic mass is 10.1. The van der Waals surface area contributed by atoms with E-state index < -0.39 is 0 Å². The molecule has 0 spiro atoms. The molecule has 0 N–H and O–H groups in total. The predicted octanol–water partition coefficient (Wildman–Crippen LogP) is 3.16. The number of ketones is 1. The summed E-state index contributed by atoms with van der Waals surface area (Å²) in [6.07, 6.45) is 0.539. The van der Waals surface area contributed by atoms with Crippen LogP contribution in [0.15, 0.2) is 24.3 Å². The molecule has 0 aromatic heterocycles. The lowest BCUT2D eigenvalue weighted by molar-refractivity contribution is 0.0988. The summed E-state index contributed by atoms with van der Waals surface area (Å²) in [5, 5.41) is 0. The van der Waals surface area contributed by atoms with Gasteiger partial charge in [-0.15, -0.1) is 0 Å². The van der Waals surface area contributed by atoms with Gasteiger partial charge in [0.25, 0.3) is 0 Å². The van der Waals surface area contributed by atoms with E-state index in [1.165, 1.54) is 0 Å². The van der Waals surface area contributed by atoms with Crippen LogP contribution in [0.4, 0.5) is 5.69 Å². The number of nitrogens with zero attached hydrogens (tertiary/aromatic N) is 1. The summed E-state index contributed by atoms with van der Waals surface area (Å²) in [4.78, 5) is 13.9. The van der Waals surface area contributed by atoms with Gasteiger partial charge in [0, 0.05) is 44.0 Å². The number of anilines is 1. The molecule has 4 heteroatoms. The number of ether oxygens (including phenoxy) is 2. The second-order valence-electron chi connectivity index (χ2n) is 4.70. The Morgan fingerprint density at radius 2 is 1.48 bits per heavy atom. The van der Waals surface area contributed by atoms with Gasteiger partial charge in [0.1, 0.15) is 0 Å². The van der Waals surface area contributed by atoms with E-state index in [0.717, 1.165) is 37.6 Å². The van der Waals surface area contributed by atoms with Crippen LogP contribution in [0.25, 0.3) is 0 Å². The Balaban J connectivity index is 2.68. The van der Waals surface area contributed by atoms with E-state index in [0.29, 0.717) is 19.6 Å². The Morgan fingerprint density at radius 1 is 0.952 bits per heavy atom. The van der Waals surface area contributed by atoms with E-state index in [9.17, 15) is 4.79 Å². The van der Waals surface area contributed by atoms with Gasteiger partial charge in [0.2, 0.25) is 0 Å². The lowest BCUT2D eigenvalue weighted by Gasteiger charge is -2.24. The van der Waals surface area contributed by atoms with Gasteiger partial charge >= 0.3 is 0 Å². The fourth-order valence-electron chi connectivity index (χ4n) is 2.07. The van der Waals surface area contributed by atoms with Crippen molar-refractivity contribution in [1.82, 2.24) is 0 Å². The highest BCUT2D eigenvalue weighted by molar-refractivity contribution is 5.96. The quantitative estimate of drug-likeness (QED) is 0.464. The molecule has 0 bridgehead atoms. The zero-order chi connectivity index (χ0) is 15.5. The molecule has 0 aliphatic heterocycles. The Bertz CT molecular complexity index is 393. The van der Waals surface area contributed by atoms with Crippen molar-refractivity contribution in [3.05, 3.63) is 29.8 Å². The van der Waals surface area contributed by atoms with Crippen LogP contribution in [-0.4, -0.2) is 45.3 Å². The number of carbonyl (C=O) groups is 1. The number of benzene rings is 1. The Labute approximate surface area is 128 Å². The first-order valence-corrected chi connectivity index (χ1v) is 7.76. The van der Waals surface area contributed by atoms with Crippen LogP contribution in [0.3, 0.4) is 0 Å². The van der Waals surface area contributed by atoms with Crippen LogP contribution in [0.1, 0.15) is 37.6 Å². The summed E-state index contributed by atoms with van der Waals surface area (Å²) < 4.78 is 10.9. The molecular weight excluding hydrogens is 266 g/mol. The highest BCUT2D eigenvalue weighted by Crippen LogP contribution is 2.16. The molecule has 0 fully saturated rings. The van der Waals surface area contributed by atoms with Gasteiger partial charge in [0.15, 0.2) is 5.78 Å². The van der Waals surface area contributed by atoms with Gasteiger partial charge in [-0.05, 0) is 38.1 Å². The van der Waals surface area contributed by atoms with Crippen molar-refractivity contribution >= 4 is 11.5 Å². The molecule has 0 heterocycles. The van der Waals surface area contributed by atoms with Crippen molar-refractivity contribution in [2.24, 2.45) is 0 Å². The SMILES string of the molecule is CCOCCN(CCOCC)c1ccc(C(=O)CC)cc1. The number of hydrogen-bond donors (Lipinski definition) is 0. The van der Waals surface area contributed by atoms with E-state index in [1.54, 1.807) is 0 Å². The Morgan fingerprint density at radius 3 is 1.90 bits per heavy atom. The molecule has 1 aromatic rings. The van der Waals surface area contributed by atoms with Crippen molar-refractivity contribution < 1.29 is 14.3 Å². The minimum atomic E-state index is 0.178. The molecule has 0 aliphatic carbocycles. The first-order valence-electron chi connectivity index (χ1n) is 7.76. The Kier molecular flexibility index (Phi) is 8.71. The second kappa shape index (κ2) is 10.4. The second-order valence-corrected chi connectivity index (χ2v) is 4.70. The molecule has 0 radical (unpaired) electrons. The van der Waals surface area contributed by atoms with Gasteiger partial charge in [-0.3, -0.25) is 4.79 Å². The van der Waals surface area contributed by atoms with Gasteiger partial charge in [0.05, 0.1) is 13.2 Å². The van der Waals surface area contributed by atoms with Crippen LogP contribution in [0.5, 0.6) is 0 Å². The molecule has 0 unspecified atom stereocenters. The highest BCUT2D eigenvalue weighted by atomic mass is 16.5. The summed E-state index contributed by atoms with van der Waals surface area (Å²) in [5.41, 5.74) is 1.87. The lowest BCUT2D eigenvalue weighted by Crippen LogP contribution is -2.31. The molecule has 1 aromatic carbocycles. The van der Waals surface area contributed by atoms with Crippen molar-refractivity contribution in [2.45, 2.75) is 27.2 Å². The number of rotatable bonds is 11. The molecule has 0 atom stereocenters. The fraction of sp³-hybridized carbons (Fsp3) is 0.588. The van der Waals surface area contributed by atoms with Crippen molar-refractivity contribution in [3.8, 4) is 0 Å². The van der Waals surface area contributed by atoms with Crippen molar-refractivity contribution in [3.63, 3.8) is 0 Å². The van der Waals surface area contributed by atoms with Crippen molar-refractivity contribution in [1.29, 1.82) is 0 Å². The summed E-state index contributed by atoms with van der Waals surface area (Å²) in [5.74, 6) is 0.178. The highest BCUT2D eigenvalue weighted by Gasteiger charge is 2.08. The number of hydrogen-bond acceptors (Lipinski definition) is 4. The summed E-state index contributed by atoms with van der Waals surface area (Å²) in [7, 11) is 0. The standard InChI is InChI=1S/C17H27NO3/c1-4-17(19)15-7-9-16(10-8-15)18(11-13-20-5-2)12-14-21-6-3/h7-10H,4-6,11-14H2,1-3H3. The topological polar surface area (TPSA) is 38.8 Å². The van der Waals surface area contributed by atoms with E-state index >= 15 is 0 Å². The third-order valence-corrected chi connectivity index (χ3v) is 3.29. The summed E-state index contributed by atoms with van der Waals surface area (Å²) in [6.45, 7) is 10.4. The molecule has 0 amide bonds. The molecular formula is C17H27NO3. The van der Waals surface area contributed by atoms with Crippen molar-refractivity contribution in [2.75, 3.05) is 44.4 Å². The smallest absolute Gasteiger partial charge is 0.162 e. The first-order chi connectivity index (χ1) is 10.2. The van der Waals surface area contributed by atoms with E-state index in [4.69, 9.17) is 9.47 Å². The van der Waals surface area contributed by atoms with Gasteiger partial charge in [-0.1, -0.05) is 6.92 Å². The monoisotopic (exact) mass is 293 g/mol. The van der Waals surface area contributed by atoms with E-state index in [2.05, 4.69) is 4.90 Å². The Hall–Kier alpha value is -1.39. The zero-order valence-corrected chi connectivity index (χ0v) is 13.4. The van der Waals surface area contributed by atoms with Crippen LogP contribution >= 0.6 is 0 Å². The zero-order valence-electron chi connectivity index (χ0n) is 13.4. The van der Waals surface area contributed by atoms with Gasteiger partial charge < -0.3 is 14.4 Å². The molecule has 118 valence electrons. The third kappa shape index (κ3) is 6.27. The average Bonchev–Trinajstić information content (AvgIpc) is 2.53. The van der Waals surface area contributed by atoms with E-state index in [-0.39, 0.29) is 5.78 Å². The van der Waals surface area contributed by atoms with Crippen LogP contribution < -0.4 is 4.90 Å². The van der Waals surface area contributed by atoms with Crippen LogP contribution in [0.2, 0.25) is 0 Å². The van der Waals surface area contributed by atoms with Gasteiger partial charge in [-0.2, -0.15) is 0 Å². The third-order valence-electron chi connectivity index (χ3n) is 3.29. The van der Waals surface area contributed by atoms with E-state index in [1.807, 2.05) is 45.0 Å². The van der Waals surface area contributed by atoms with Crippen LogP contribution in [-0.2, 0) is 9.47 Å². The molecule has 0 saturated carbocycles. The minimum Gasteiger partial charge on any atom is -0.380 e. The maximum absolute atomic E-state index is 11.7. The molecule has 21 heavy (non-hydrogen) atoms. The summed E-state index contributed by atoms with van der Waals surface area (Å²) in [6, 6.07) is 7.80. The largest absolute Gasteiger partial charge is 0.380 e. The van der Waals surface area contributed by atoms with Gasteiger partial charge in [-0.25, -0.2) is 0 Å². The predicted molar refractivity (Wildman–Crippen MR) is 86.3 cm³/mol. The maximum Gasteiger partial charge on any atom is 0.162 e.